The second kappa shape index (κ2) is 5.51. The van der Waals surface area contributed by atoms with E-state index in [1.54, 1.807) is 9.58 Å². The van der Waals surface area contributed by atoms with Crippen molar-refractivity contribution in [2.75, 3.05) is 13.1 Å². The summed E-state index contributed by atoms with van der Waals surface area (Å²) in [6.07, 6.45) is 5.23. The Morgan fingerprint density at radius 3 is 2.65 bits per heavy atom. The number of rotatable bonds is 5. The largest absolute Gasteiger partial charge is 0.480 e. The Morgan fingerprint density at radius 1 is 1.59 bits per heavy atom. The van der Waals surface area contributed by atoms with Gasteiger partial charge < -0.3 is 5.11 Å². The molecule has 0 saturated carbocycles. The van der Waals surface area contributed by atoms with Crippen LogP contribution in [0.15, 0.2) is 0 Å². The molecule has 5 nitrogen and oxygen atoms in total. The number of hydrogen-bond acceptors (Lipinski definition) is 3. The Hall–Kier alpha value is -1.80. The fourth-order valence-corrected chi connectivity index (χ4v) is 1.76. The summed E-state index contributed by atoms with van der Waals surface area (Å²) < 4.78 is 1.79. The highest BCUT2D eigenvalue weighted by molar-refractivity contribution is 5.69. The lowest BCUT2D eigenvalue weighted by Gasteiger charge is -2.17. The number of carbonyl (C=O) groups is 1. The minimum atomic E-state index is -0.876. The van der Waals surface area contributed by atoms with E-state index in [1.807, 2.05) is 20.9 Å². The first-order valence-corrected chi connectivity index (χ1v) is 5.32. The van der Waals surface area contributed by atoms with Gasteiger partial charge in [-0.3, -0.25) is 14.4 Å². The lowest BCUT2D eigenvalue weighted by Crippen LogP contribution is -2.30. The van der Waals surface area contributed by atoms with Crippen LogP contribution in [0.3, 0.4) is 0 Å². The molecule has 0 aliphatic heterocycles. The second-order valence-electron chi connectivity index (χ2n) is 4.02. The molecule has 0 spiro atoms. The van der Waals surface area contributed by atoms with Crippen molar-refractivity contribution in [3.8, 4) is 12.3 Å². The molecule has 0 unspecified atom stereocenters. The average molecular weight is 235 g/mol. The molecule has 0 aromatic carbocycles. The first kappa shape index (κ1) is 13.3. The average Bonchev–Trinajstić information content (AvgIpc) is 2.44. The van der Waals surface area contributed by atoms with Gasteiger partial charge in [0, 0.05) is 24.8 Å². The number of terminal acetylenes is 1. The van der Waals surface area contributed by atoms with E-state index in [1.165, 1.54) is 0 Å². The van der Waals surface area contributed by atoms with Crippen molar-refractivity contribution < 1.29 is 9.90 Å². The van der Waals surface area contributed by atoms with Gasteiger partial charge in [-0.25, -0.2) is 0 Å². The standard InChI is InChI=1S/C12H17N3O2/c1-5-6-15(8-12(16)17)7-11-9(2)13-14(4)10(11)3/h1H,6-8H2,2-4H3,(H,16,17). The van der Waals surface area contributed by atoms with E-state index in [2.05, 4.69) is 11.0 Å². The van der Waals surface area contributed by atoms with Gasteiger partial charge in [-0.2, -0.15) is 5.10 Å². The van der Waals surface area contributed by atoms with Gasteiger partial charge >= 0.3 is 5.97 Å². The molecular weight excluding hydrogens is 218 g/mol. The zero-order valence-electron chi connectivity index (χ0n) is 10.4. The summed E-state index contributed by atoms with van der Waals surface area (Å²) in [5, 5.41) is 13.1. The maximum Gasteiger partial charge on any atom is 0.317 e. The van der Waals surface area contributed by atoms with Crippen LogP contribution in [0.1, 0.15) is 17.0 Å². The van der Waals surface area contributed by atoms with Gasteiger partial charge in [-0.15, -0.1) is 6.42 Å². The van der Waals surface area contributed by atoms with E-state index in [-0.39, 0.29) is 6.54 Å². The van der Waals surface area contributed by atoms with E-state index in [4.69, 9.17) is 11.5 Å². The van der Waals surface area contributed by atoms with Crippen LogP contribution in [0, 0.1) is 26.2 Å². The smallest absolute Gasteiger partial charge is 0.317 e. The quantitative estimate of drug-likeness (QED) is 0.757. The summed E-state index contributed by atoms with van der Waals surface area (Å²) in [5.74, 6) is 1.60. The van der Waals surface area contributed by atoms with Gasteiger partial charge in [0.1, 0.15) is 0 Å². The number of aromatic nitrogens is 2. The maximum absolute atomic E-state index is 10.7. The summed E-state index contributed by atoms with van der Waals surface area (Å²) in [7, 11) is 1.87. The molecule has 0 radical (unpaired) electrons. The molecule has 5 heteroatoms. The Kier molecular flexibility index (Phi) is 4.30. The Bertz CT molecular complexity index is 457. The van der Waals surface area contributed by atoms with Gasteiger partial charge in [0.2, 0.25) is 0 Å². The van der Waals surface area contributed by atoms with Crippen molar-refractivity contribution in [3.05, 3.63) is 17.0 Å². The minimum absolute atomic E-state index is 0.0576. The topological polar surface area (TPSA) is 58.4 Å². The summed E-state index contributed by atoms with van der Waals surface area (Å²) in [6.45, 7) is 4.65. The molecule has 1 N–H and O–H groups in total. The fourth-order valence-electron chi connectivity index (χ4n) is 1.76. The van der Waals surface area contributed by atoms with Crippen LogP contribution >= 0.6 is 0 Å². The summed E-state index contributed by atoms with van der Waals surface area (Å²) >= 11 is 0. The third kappa shape index (κ3) is 3.33. The lowest BCUT2D eigenvalue weighted by molar-refractivity contribution is -0.138. The van der Waals surface area contributed by atoms with Crippen molar-refractivity contribution in [3.63, 3.8) is 0 Å². The van der Waals surface area contributed by atoms with Crippen LogP contribution in [0.2, 0.25) is 0 Å². The van der Waals surface area contributed by atoms with Crippen molar-refractivity contribution in [2.24, 2.45) is 7.05 Å². The molecule has 1 heterocycles. The summed E-state index contributed by atoms with van der Waals surface area (Å²) in [4.78, 5) is 12.4. The van der Waals surface area contributed by atoms with E-state index >= 15 is 0 Å². The maximum atomic E-state index is 10.7. The number of aliphatic carboxylic acids is 1. The molecule has 0 amide bonds. The number of carboxylic acids is 1. The van der Waals surface area contributed by atoms with Crippen molar-refractivity contribution in [2.45, 2.75) is 20.4 Å². The number of aryl methyl sites for hydroxylation is 2. The normalized spacial score (nSPS) is 10.5. The molecule has 17 heavy (non-hydrogen) atoms. The van der Waals surface area contributed by atoms with Gasteiger partial charge in [0.15, 0.2) is 0 Å². The summed E-state index contributed by atoms with van der Waals surface area (Å²) in [6, 6.07) is 0. The first-order chi connectivity index (χ1) is 7.95. The van der Waals surface area contributed by atoms with Crippen LogP contribution in [0.4, 0.5) is 0 Å². The molecule has 1 aromatic heterocycles. The van der Waals surface area contributed by atoms with Crippen molar-refractivity contribution in [1.82, 2.24) is 14.7 Å². The predicted octanol–water partition coefficient (Wildman–Crippen LogP) is 0.557. The molecule has 1 aromatic rings. The highest BCUT2D eigenvalue weighted by atomic mass is 16.4. The Labute approximate surface area is 101 Å². The third-order valence-electron chi connectivity index (χ3n) is 2.71. The Balaban J connectivity index is 2.86. The van der Waals surface area contributed by atoms with Crippen molar-refractivity contribution >= 4 is 5.97 Å². The zero-order chi connectivity index (χ0) is 13.0. The molecule has 0 atom stereocenters. The molecule has 0 aliphatic carbocycles. The van der Waals surface area contributed by atoms with Gasteiger partial charge in [0.05, 0.1) is 18.8 Å². The van der Waals surface area contributed by atoms with Crippen LogP contribution in [0.25, 0.3) is 0 Å². The minimum Gasteiger partial charge on any atom is -0.480 e. The van der Waals surface area contributed by atoms with E-state index < -0.39 is 5.97 Å². The molecular formula is C12H17N3O2. The zero-order valence-corrected chi connectivity index (χ0v) is 10.4. The highest BCUT2D eigenvalue weighted by Gasteiger charge is 2.15. The van der Waals surface area contributed by atoms with Gasteiger partial charge in [-0.05, 0) is 13.8 Å². The number of carboxylic acid groups (broad SMARTS) is 1. The third-order valence-corrected chi connectivity index (χ3v) is 2.71. The predicted molar refractivity (Wildman–Crippen MR) is 64.4 cm³/mol. The van der Waals surface area contributed by atoms with Crippen LogP contribution < -0.4 is 0 Å². The Morgan fingerprint density at radius 2 is 2.24 bits per heavy atom. The van der Waals surface area contributed by atoms with Crippen molar-refractivity contribution in [1.29, 1.82) is 0 Å². The molecule has 0 bridgehead atoms. The highest BCUT2D eigenvalue weighted by Crippen LogP contribution is 2.14. The van der Waals surface area contributed by atoms with E-state index in [0.29, 0.717) is 13.1 Å². The molecule has 1 rings (SSSR count). The molecule has 92 valence electrons. The molecule has 0 fully saturated rings. The van der Waals surface area contributed by atoms with Crippen LogP contribution in [-0.2, 0) is 18.4 Å². The lowest BCUT2D eigenvalue weighted by atomic mass is 10.2. The molecule has 0 aliphatic rings. The number of hydrogen-bond donors (Lipinski definition) is 1. The second-order valence-corrected chi connectivity index (χ2v) is 4.02. The van der Waals surface area contributed by atoms with Gasteiger partial charge in [-0.1, -0.05) is 5.92 Å². The van der Waals surface area contributed by atoms with E-state index in [0.717, 1.165) is 17.0 Å². The van der Waals surface area contributed by atoms with Gasteiger partial charge in [0.25, 0.3) is 0 Å². The first-order valence-electron chi connectivity index (χ1n) is 5.32. The van der Waals surface area contributed by atoms with E-state index in [9.17, 15) is 4.79 Å². The number of nitrogens with zero attached hydrogens (tertiary/aromatic N) is 3. The molecule has 0 saturated heterocycles. The monoisotopic (exact) mass is 235 g/mol. The van der Waals surface area contributed by atoms with Crippen LogP contribution in [0.5, 0.6) is 0 Å². The van der Waals surface area contributed by atoms with Crippen LogP contribution in [-0.4, -0.2) is 38.8 Å². The fraction of sp³-hybridized carbons (Fsp3) is 0.500. The summed E-state index contributed by atoms with van der Waals surface area (Å²) in [5.41, 5.74) is 3.00. The SMILES string of the molecule is C#CCN(CC(=O)O)Cc1c(C)nn(C)c1C.